The largest absolute Gasteiger partial charge is 0.493 e. The van der Waals surface area contributed by atoms with Crippen molar-refractivity contribution >= 4 is 0 Å². The predicted octanol–water partition coefficient (Wildman–Crippen LogP) is 5.23. The number of nitrogens with zero attached hydrogens (tertiary/aromatic N) is 1. The van der Waals surface area contributed by atoms with Gasteiger partial charge >= 0.3 is 0 Å². The monoisotopic (exact) mass is 437 g/mol. The van der Waals surface area contributed by atoms with Gasteiger partial charge in [-0.1, -0.05) is 25.0 Å². The standard InChI is InChI=1S/C27H35NO4/c1(5-13-28-14-17-29-18-15-28)2-6-16-30-25-12-10-22(23-7-3-4-8-24(23)25)21-9-11-26-27(19-21)32-20-31-26/h9-12,19H,1-8,13-18,20H2. The second kappa shape index (κ2) is 10.6. The Balaban J connectivity index is 1.15. The normalized spacial score (nSPS) is 17.9. The summed E-state index contributed by atoms with van der Waals surface area (Å²) >= 11 is 0. The van der Waals surface area contributed by atoms with Crippen LogP contribution < -0.4 is 14.2 Å². The highest BCUT2D eigenvalue weighted by Gasteiger charge is 2.21. The number of unbranched alkanes of at least 4 members (excludes halogenated alkanes) is 3. The first-order valence-electron chi connectivity index (χ1n) is 12.4. The molecular weight excluding hydrogens is 402 g/mol. The van der Waals surface area contributed by atoms with Crippen LogP contribution in [-0.4, -0.2) is 51.1 Å². The predicted molar refractivity (Wildman–Crippen MR) is 126 cm³/mol. The number of fused-ring (bicyclic) bond motifs is 2. The van der Waals surface area contributed by atoms with E-state index in [-0.39, 0.29) is 0 Å². The van der Waals surface area contributed by atoms with Crippen LogP contribution in [0, 0.1) is 0 Å². The van der Waals surface area contributed by atoms with E-state index in [1.807, 2.05) is 6.07 Å². The maximum absolute atomic E-state index is 6.29. The summed E-state index contributed by atoms with van der Waals surface area (Å²) in [5.41, 5.74) is 5.39. The molecule has 0 radical (unpaired) electrons. The summed E-state index contributed by atoms with van der Waals surface area (Å²) in [6.45, 7) is 6.31. The minimum Gasteiger partial charge on any atom is -0.493 e. The first-order chi connectivity index (χ1) is 15.9. The molecule has 5 heteroatoms. The van der Waals surface area contributed by atoms with Crippen LogP contribution in [0.3, 0.4) is 0 Å². The molecular formula is C27H35NO4. The molecule has 172 valence electrons. The van der Waals surface area contributed by atoms with Gasteiger partial charge in [-0.2, -0.15) is 0 Å². The molecule has 32 heavy (non-hydrogen) atoms. The summed E-state index contributed by atoms with van der Waals surface area (Å²) < 4.78 is 22.8. The van der Waals surface area contributed by atoms with Crippen molar-refractivity contribution in [2.75, 3.05) is 46.2 Å². The topological polar surface area (TPSA) is 40.2 Å². The van der Waals surface area contributed by atoms with Crippen LogP contribution in [0.2, 0.25) is 0 Å². The fraction of sp³-hybridized carbons (Fsp3) is 0.556. The molecule has 2 aromatic carbocycles. The molecule has 2 aromatic rings. The van der Waals surface area contributed by atoms with Crippen molar-refractivity contribution < 1.29 is 18.9 Å². The van der Waals surface area contributed by atoms with Crippen molar-refractivity contribution in [1.29, 1.82) is 0 Å². The van der Waals surface area contributed by atoms with Crippen LogP contribution in [-0.2, 0) is 17.6 Å². The van der Waals surface area contributed by atoms with E-state index in [0.717, 1.165) is 69.4 Å². The first-order valence-corrected chi connectivity index (χ1v) is 12.4. The second-order valence-corrected chi connectivity index (χ2v) is 9.06. The molecule has 3 aliphatic rings. The summed E-state index contributed by atoms with van der Waals surface area (Å²) in [5, 5.41) is 0. The first kappa shape index (κ1) is 21.6. The number of hydrogen-bond donors (Lipinski definition) is 0. The Labute approximate surface area is 191 Å². The maximum atomic E-state index is 6.29. The Morgan fingerprint density at radius 1 is 0.812 bits per heavy atom. The van der Waals surface area contributed by atoms with E-state index in [2.05, 4.69) is 29.2 Å². The van der Waals surface area contributed by atoms with Gasteiger partial charge < -0.3 is 18.9 Å². The van der Waals surface area contributed by atoms with Crippen LogP contribution in [0.25, 0.3) is 11.1 Å². The van der Waals surface area contributed by atoms with E-state index < -0.39 is 0 Å². The van der Waals surface area contributed by atoms with Crippen LogP contribution in [0.15, 0.2) is 30.3 Å². The average molecular weight is 438 g/mol. The van der Waals surface area contributed by atoms with Gasteiger partial charge in [0.15, 0.2) is 11.5 Å². The van der Waals surface area contributed by atoms with Crippen LogP contribution >= 0.6 is 0 Å². The second-order valence-electron chi connectivity index (χ2n) is 9.06. The Bertz CT molecular complexity index is 907. The molecule has 2 aliphatic heterocycles. The zero-order valence-corrected chi connectivity index (χ0v) is 19.1. The van der Waals surface area contributed by atoms with Crippen molar-refractivity contribution in [3.8, 4) is 28.4 Å². The van der Waals surface area contributed by atoms with E-state index in [0.29, 0.717) is 6.79 Å². The highest BCUT2D eigenvalue weighted by Crippen LogP contribution is 2.41. The molecule has 0 N–H and O–H groups in total. The Morgan fingerprint density at radius 3 is 2.53 bits per heavy atom. The molecule has 0 unspecified atom stereocenters. The highest BCUT2D eigenvalue weighted by atomic mass is 16.7. The summed E-state index contributed by atoms with van der Waals surface area (Å²) in [7, 11) is 0. The van der Waals surface area contributed by atoms with Gasteiger partial charge in [0.05, 0.1) is 19.8 Å². The number of ether oxygens (including phenoxy) is 4. The number of morpholine rings is 1. The molecule has 1 aliphatic carbocycles. The number of hydrogen-bond acceptors (Lipinski definition) is 5. The maximum Gasteiger partial charge on any atom is 0.231 e. The van der Waals surface area contributed by atoms with Gasteiger partial charge in [-0.25, -0.2) is 0 Å². The van der Waals surface area contributed by atoms with Gasteiger partial charge in [-0.3, -0.25) is 4.90 Å². The summed E-state index contributed by atoms with van der Waals surface area (Å²) in [5.74, 6) is 2.78. The molecule has 0 bridgehead atoms. The van der Waals surface area contributed by atoms with Gasteiger partial charge in [0.25, 0.3) is 0 Å². The summed E-state index contributed by atoms with van der Waals surface area (Å²) in [6.07, 6.45) is 9.65. The molecule has 1 saturated heterocycles. The molecule has 1 fully saturated rings. The third-order valence-electron chi connectivity index (χ3n) is 6.91. The van der Waals surface area contributed by atoms with Crippen molar-refractivity contribution in [2.24, 2.45) is 0 Å². The van der Waals surface area contributed by atoms with Crippen molar-refractivity contribution in [1.82, 2.24) is 4.90 Å². The van der Waals surface area contributed by atoms with Gasteiger partial charge in [0.1, 0.15) is 5.75 Å². The molecule has 0 saturated carbocycles. The lowest BCUT2D eigenvalue weighted by atomic mass is 9.85. The molecule has 0 spiro atoms. The van der Waals surface area contributed by atoms with Gasteiger partial charge in [0.2, 0.25) is 6.79 Å². The van der Waals surface area contributed by atoms with Crippen molar-refractivity contribution in [3.63, 3.8) is 0 Å². The Kier molecular flexibility index (Phi) is 7.14. The molecule has 2 heterocycles. The fourth-order valence-electron chi connectivity index (χ4n) is 5.10. The summed E-state index contributed by atoms with van der Waals surface area (Å²) in [6, 6.07) is 10.7. The van der Waals surface area contributed by atoms with E-state index in [4.69, 9.17) is 18.9 Å². The number of benzene rings is 2. The Morgan fingerprint density at radius 2 is 1.62 bits per heavy atom. The highest BCUT2D eigenvalue weighted by molar-refractivity contribution is 5.73. The average Bonchev–Trinajstić information content (AvgIpc) is 3.32. The van der Waals surface area contributed by atoms with E-state index >= 15 is 0 Å². The van der Waals surface area contributed by atoms with Gasteiger partial charge in [-0.05, 0) is 85.5 Å². The molecule has 0 aromatic heterocycles. The quantitative estimate of drug-likeness (QED) is 0.502. The van der Waals surface area contributed by atoms with Gasteiger partial charge in [-0.15, -0.1) is 0 Å². The lowest BCUT2D eigenvalue weighted by Crippen LogP contribution is -2.36. The third kappa shape index (κ3) is 5.05. The minimum atomic E-state index is 0.316. The smallest absolute Gasteiger partial charge is 0.231 e. The molecule has 5 rings (SSSR count). The SMILES string of the molecule is c1cc2c(cc1-c1ccc(OCCCCCCN3CCOCC3)c3c1CCCC3)OCO2. The van der Waals surface area contributed by atoms with Gasteiger partial charge in [0, 0.05) is 13.1 Å². The van der Waals surface area contributed by atoms with Crippen molar-refractivity contribution in [2.45, 2.75) is 51.4 Å². The molecule has 5 nitrogen and oxygen atoms in total. The van der Waals surface area contributed by atoms with E-state index in [1.165, 1.54) is 60.9 Å². The van der Waals surface area contributed by atoms with Crippen molar-refractivity contribution in [3.05, 3.63) is 41.5 Å². The van der Waals surface area contributed by atoms with Crippen LogP contribution in [0.5, 0.6) is 17.2 Å². The Hall–Kier alpha value is -2.24. The van der Waals surface area contributed by atoms with E-state index in [1.54, 1.807) is 0 Å². The van der Waals surface area contributed by atoms with E-state index in [9.17, 15) is 0 Å². The third-order valence-corrected chi connectivity index (χ3v) is 6.91. The lowest BCUT2D eigenvalue weighted by Gasteiger charge is -2.26. The fourth-order valence-corrected chi connectivity index (χ4v) is 5.10. The van der Waals surface area contributed by atoms with Crippen LogP contribution in [0.1, 0.15) is 49.7 Å². The zero-order chi connectivity index (χ0) is 21.6. The summed E-state index contributed by atoms with van der Waals surface area (Å²) in [4.78, 5) is 2.52. The molecule has 0 amide bonds. The molecule has 0 atom stereocenters. The zero-order valence-electron chi connectivity index (χ0n) is 19.1. The van der Waals surface area contributed by atoms with Crippen LogP contribution in [0.4, 0.5) is 0 Å². The lowest BCUT2D eigenvalue weighted by molar-refractivity contribution is 0.0371. The minimum absolute atomic E-state index is 0.316. The number of rotatable bonds is 9.